The van der Waals surface area contributed by atoms with Crippen molar-refractivity contribution in [2.24, 2.45) is 0 Å². The molecule has 0 aliphatic heterocycles. The van der Waals surface area contributed by atoms with Gasteiger partial charge in [0.25, 0.3) is 0 Å². The van der Waals surface area contributed by atoms with Crippen molar-refractivity contribution in [3.05, 3.63) is 39.3 Å². The van der Waals surface area contributed by atoms with Crippen LogP contribution in [0.4, 0.5) is 11.4 Å². The maximum absolute atomic E-state index is 6.15. The largest absolute Gasteiger partial charge is 0.398 e. The zero-order valence-electron chi connectivity index (χ0n) is 10.0. The molecule has 0 spiro atoms. The molecule has 3 rings (SSSR count). The van der Waals surface area contributed by atoms with Gasteiger partial charge < -0.3 is 16.5 Å². The van der Waals surface area contributed by atoms with E-state index < -0.39 is 0 Å². The van der Waals surface area contributed by atoms with Crippen molar-refractivity contribution >= 4 is 57.2 Å². The van der Waals surface area contributed by atoms with E-state index in [9.17, 15) is 0 Å². The summed E-state index contributed by atoms with van der Waals surface area (Å²) in [7, 11) is 0. The van der Waals surface area contributed by atoms with E-state index in [1.54, 1.807) is 18.2 Å². The summed E-state index contributed by atoms with van der Waals surface area (Å²) in [5, 5.41) is 1.18. The number of imidazole rings is 1. The van der Waals surface area contributed by atoms with Gasteiger partial charge in [0.05, 0.1) is 32.0 Å². The van der Waals surface area contributed by atoms with Crippen molar-refractivity contribution in [1.82, 2.24) is 9.97 Å². The molecule has 1 aromatic heterocycles. The average molecular weight is 328 g/mol. The fourth-order valence-electron chi connectivity index (χ4n) is 1.91. The Bertz CT molecular complexity index is 826. The molecular formula is C13H9Cl3N4. The number of nitrogen functional groups attached to an aromatic ring is 2. The molecule has 0 radical (unpaired) electrons. The number of H-pyrrole nitrogens is 1. The zero-order valence-corrected chi connectivity index (χ0v) is 12.3. The Kier molecular flexibility index (Phi) is 3.17. The summed E-state index contributed by atoms with van der Waals surface area (Å²) in [5.41, 5.74) is 14.4. The van der Waals surface area contributed by atoms with Gasteiger partial charge in [-0.25, -0.2) is 4.98 Å². The fourth-order valence-corrected chi connectivity index (χ4v) is 2.58. The molecule has 0 bridgehead atoms. The second-order valence-electron chi connectivity index (χ2n) is 4.30. The van der Waals surface area contributed by atoms with Crippen molar-refractivity contribution in [3.8, 4) is 11.4 Å². The van der Waals surface area contributed by atoms with Crippen molar-refractivity contribution in [2.45, 2.75) is 0 Å². The number of nitrogens with two attached hydrogens (primary N) is 2. The van der Waals surface area contributed by atoms with Crippen molar-refractivity contribution in [3.63, 3.8) is 0 Å². The van der Waals surface area contributed by atoms with Gasteiger partial charge in [0.15, 0.2) is 0 Å². The number of aromatic amines is 1. The van der Waals surface area contributed by atoms with E-state index in [0.29, 0.717) is 43.3 Å². The van der Waals surface area contributed by atoms with Gasteiger partial charge in [-0.1, -0.05) is 34.8 Å². The molecule has 0 atom stereocenters. The smallest absolute Gasteiger partial charge is 0.138 e. The van der Waals surface area contributed by atoms with Crippen molar-refractivity contribution < 1.29 is 0 Å². The Morgan fingerprint density at radius 3 is 2.45 bits per heavy atom. The normalized spacial score (nSPS) is 11.2. The zero-order chi connectivity index (χ0) is 14.4. The van der Waals surface area contributed by atoms with Crippen molar-refractivity contribution in [2.75, 3.05) is 11.5 Å². The van der Waals surface area contributed by atoms with Crippen LogP contribution in [0.2, 0.25) is 15.1 Å². The minimum absolute atomic E-state index is 0.314. The molecule has 0 saturated heterocycles. The maximum atomic E-state index is 6.15. The number of rotatable bonds is 1. The number of anilines is 2. The van der Waals surface area contributed by atoms with Crippen LogP contribution in [0.25, 0.3) is 22.4 Å². The first-order valence-corrected chi connectivity index (χ1v) is 6.79. The molecule has 0 fully saturated rings. The van der Waals surface area contributed by atoms with Gasteiger partial charge in [-0.2, -0.15) is 0 Å². The fraction of sp³-hybridized carbons (Fsp3) is 0. The van der Waals surface area contributed by atoms with E-state index in [4.69, 9.17) is 46.3 Å². The van der Waals surface area contributed by atoms with Gasteiger partial charge in [-0.15, -0.1) is 0 Å². The molecule has 4 nitrogen and oxygen atoms in total. The number of hydrogen-bond acceptors (Lipinski definition) is 3. The first-order chi connectivity index (χ1) is 9.47. The number of benzene rings is 2. The number of hydrogen-bond donors (Lipinski definition) is 3. The lowest BCUT2D eigenvalue weighted by molar-refractivity contribution is 1.34. The van der Waals surface area contributed by atoms with E-state index in [-0.39, 0.29) is 0 Å². The number of halogens is 3. The summed E-state index contributed by atoms with van der Waals surface area (Å²) in [6.07, 6.45) is 0. The first-order valence-electron chi connectivity index (χ1n) is 5.66. The third-order valence-corrected chi connectivity index (χ3v) is 4.00. The SMILES string of the molecule is Nc1ccc(-c2nc3c(Cl)c(N)c(Cl)cc3[nH]2)cc1Cl. The molecule has 5 N–H and O–H groups in total. The highest BCUT2D eigenvalue weighted by atomic mass is 35.5. The van der Waals surface area contributed by atoms with Crippen LogP contribution in [0.15, 0.2) is 24.3 Å². The van der Waals surface area contributed by atoms with Crippen LogP contribution in [0.5, 0.6) is 0 Å². The quantitative estimate of drug-likeness (QED) is 0.581. The highest BCUT2D eigenvalue weighted by Gasteiger charge is 2.13. The summed E-state index contributed by atoms with van der Waals surface area (Å²) >= 11 is 18.2. The number of nitrogens with zero attached hydrogens (tertiary/aromatic N) is 1. The Morgan fingerprint density at radius 1 is 1.00 bits per heavy atom. The maximum Gasteiger partial charge on any atom is 0.138 e. The minimum atomic E-state index is 0.314. The molecule has 0 saturated carbocycles. The van der Waals surface area contributed by atoms with Crippen LogP contribution in [0.3, 0.4) is 0 Å². The highest BCUT2D eigenvalue weighted by Crippen LogP contribution is 2.35. The number of nitrogens with one attached hydrogen (secondary N) is 1. The van der Waals surface area contributed by atoms with E-state index in [0.717, 1.165) is 5.56 Å². The topological polar surface area (TPSA) is 80.7 Å². The monoisotopic (exact) mass is 326 g/mol. The van der Waals surface area contributed by atoms with Crippen LogP contribution in [-0.2, 0) is 0 Å². The molecule has 0 unspecified atom stereocenters. The predicted octanol–water partition coefficient (Wildman–Crippen LogP) is 4.35. The summed E-state index contributed by atoms with van der Waals surface area (Å²) < 4.78 is 0. The van der Waals surface area contributed by atoms with E-state index in [1.807, 2.05) is 6.07 Å². The van der Waals surface area contributed by atoms with Crippen molar-refractivity contribution in [1.29, 1.82) is 0 Å². The number of fused-ring (bicyclic) bond motifs is 1. The third-order valence-electron chi connectivity index (χ3n) is 2.98. The summed E-state index contributed by atoms with van der Waals surface area (Å²) in [6, 6.07) is 6.95. The third kappa shape index (κ3) is 2.06. The van der Waals surface area contributed by atoms with Crippen LogP contribution >= 0.6 is 34.8 Å². The first kappa shape index (κ1) is 13.4. The Balaban J connectivity index is 2.23. The predicted molar refractivity (Wildman–Crippen MR) is 85.4 cm³/mol. The van der Waals surface area contributed by atoms with Gasteiger partial charge >= 0.3 is 0 Å². The van der Waals surface area contributed by atoms with Gasteiger partial charge in [0, 0.05) is 5.56 Å². The Labute approximate surface area is 129 Å². The average Bonchev–Trinajstić information content (AvgIpc) is 2.83. The van der Waals surface area contributed by atoms with E-state index in [1.165, 1.54) is 0 Å². The lowest BCUT2D eigenvalue weighted by atomic mass is 10.2. The molecule has 0 aliphatic carbocycles. The number of aromatic nitrogens is 2. The minimum Gasteiger partial charge on any atom is -0.398 e. The lowest BCUT2D eigenvalue weighted by Crippen LogP contribution is -1.88. The van der Waals surface area contributed by atoms with Gasteiger partial charge in [-0.3, -0.25) is 0 Å². The van der Waals surface area contributed by atoms with Crippen LogP contribution in [0, 0.1) is 0 Å². The summed E-state index contributed by atoms with van der Waals surface area (Å²) in [6.45, 7) is 0. The Morgan fingerprint density at radius 2 is 1.75 bits per heavy atom. The Hall–Kier alpha value is -1.62. The second-order valence-corrected chi connectivity index (χ2v) is 5.50. The van der Waals surface area contributed by atoms with E-state index >= 15 is 0 Å². The van der Waals surface area contributed by atoms with Gasteiger partial charge in [0.1, 0.15) is 11.3 Å². The molecule has 0 aliphatic rings. The second kappa shape index (κ2) is 4.74. The molecule has 2 aromatic carbocycles. The molecule has 7 heteroatoms. The molecule has 20 heavy (non-hydrogen) atoms. The van der Waals surface area contributed by atoms with Crippen LogP contribution in [-0.4, -0.2) is 9.97 Å². The van der Waals surface area contributed by atoms with Crippen LogP contribution < -0.4 is 11.5 Å². The van der Waals surface area contributed by atoms with Gasteiger partial charge in [-0.05, 0) is 24.3 Å². The van der Waals surface area contributed by atoms with Gasteiger partial charge in [0.2, 0.25) is 0 Å². The molecule has 1 heterocycles. The van der Waals surface area contributed by atoms with Crippen LogP contribution in [0.1, 0.15) is 0 Å². The highest BCUT2D eigenvalue weighted by molar-refractivity contribution is 6.42. The lowest BCUT2D eigenvalue weighted by Gasteiger charge is -2.00. The molecule has 3 aromatic rings. The summed E-state index contributed by atoms with van der Waals surface area (Å²) in [5.74, 6) is 0.616. The molecule has 0 amide bonds. The van der Waals surface area contributed by atoms with E-state index in [2.05, 4.69) is 9.97 Å². The molecule has 102 valence electrons. The standard InChI is InChI=1S/C13H9Cl3N4/c14-6-3-5(1-2-8(6)17)13-19-9-4-7(15)11(18)10(16)12(9)20-13/h1-4H,17-18H2,(H,19,20). The molecular weight excluding hydrogens is 319 g/mol. The summed E-state index contributed by atoms with van der Waals surface area (Å²) in [4.78, 5) is 7.56.